The van der Waals surface area contributed by atoms with Crippen molar-refractivity contribution in [1.82, 2.24) is 4.90 Å². The van der Waals surface area contributed by atoms with Crippen molar-refractivity contribution < 1.29 is 9.31 Å². The van der Waals surface area contributed by atoms with E-state index in [0.29, 0.717) is 0 Å². The minimum absolute atomic E-state index is 0.274. The second-order valence-electron chi connectivity index (χ2n) is 8.68. The van der Waals surface area contributed by atoms with Crippen molar-refractivity contribution in [1.29, 1.82) is 0 Å². The van der Waals surface area contributed by atoms with Crippen LogP contribution in [0.15, 0.2) is 30.2 Å². The molecule has 2 heterocycles. The smallest absolute Gasteiger partial charge is 0.400 e. The summed E-state index contributed by atoms with van der Waals surface area (Å²) in [6.45, 7) is 10.8. The quantitative estimate of drug-likeness (QED) is 0.766. The van der Waals surface area contributed by atoms with E-state index in [1.54, 1.807) is 0 Å². The highest BCUT2D eigenvalue weighted by Crippen LogP contribution is 2.37. The summed E-state index contributed by atoms with van der Waals surface area (Å²) in [5, 5.41) is 0. The predicted molar refractivity (Wildman–Crippen MR) is 105 cm³/mol. The van der Waals surface area contributed by atoms with Gasteiger partial charge in [0.05, 0.1) is 11.2 Å². The Bertz CT molecular complexity index is 585. The summed E-state index contributed by atoms with van der Waals surface area (Å²) in [7, 11) is 1.95. The predicted octanol–water partition coefficient (Wildman–Crippen LogP) is 4.22. The van der Waals surface area contributed by atoms with Gasteiger partial charge in [-0.3, -0.25) is 0 Å². The minimum atomic E-state index is -0.278. The Morgan fingerprint density at radius 1 is 1.04 bits per heavy atom. The van der Waals surface area contributed by atoms with Gasteiger partial charge < -0.3 is 14.2 Å². The number of rotatable bonds is 4. The summed E-state index contributed by atoms with van der Waals surface area (Å²) in [6.07, 6.45) is 5.94. The third-order valence-electron chi connectivity index (χ3n) is 6.06. The first kappa shape index (κ1) is 18.7. The molecule has 1 aromatic carbocycles. The maximum absolute atomic E-state index is 6.01. The molecule has 4 heteroatoms. The zero-order chi connectivity index (χ0) is 18.1. The van der Waals surface area contributed by atoms with Crippen LogP contribution in [0.1, 0.15) is 51.7 Å². The van der Waals surface area contributed by atoms with Crippen LogP contribution in [0.25, 0.3) is 6.08 Å². The maximum atomic E-state index is 6.01. The van der Waals surface area contributed by atoms with Crippen LogP contribution in [-0.4, -0.2) is 43.4 Å². The summed E-state index contributed by atoms with van der Waals surface area (Å²) in [5.41, 5.74) is 2.09. The summed E-state index contributed by atoms with van der Waals surface area (Å²) < 4.78 is 12.0. The Hall–Kier alpha value is -1.10. The molecule has 1 aromatic rings. The molecule has 0 N–H and O–H groups in total. The molecule has 0 spiro atoms. The zero-order valence-corrected chi connectivity index (χ0v) is 16.4. The first-order chi connectivity index (χ1) is 11.7. The van der Waals surface area contributed by atoms with E-state index < -0.39 is 0 Å². The lowest BCUT2D eigenvalue weighted by atomic mass is 9.88. The lowest BCUT2D eigenvalue weighted by Gasteiger charge is -2.32. The van der Waals surface area contributed by atoms with E-state index >= 15 is 0 Å². The number of hydrogen-bond donors (Lipinski definition) is 0. The molecule has 25 heavy (non-hydrogen) atoms. The summed E-state index contributed by atoms with van der Waals surface area (Å²) in [6, 6.07) is 8.93. The van der Waals surface area contributed by atoms with Gasteiger partial charge in [0.2, 0.25) is 0 Å². The van der Waals surface area contributed by atoms with Crippen LogP contribution in [0, 0.1) is 5.92 Å². The maximum Gasteiger partial charge on any atom is 0.487 e. The van der Waals surface area contributed by atoms with E-state index in [1.165, 1.54) is 43.5 Å². The molecule has 2 fully saturated rings. The van der Waals surface area contributed by atoms with E-state index in [-0.39, 0.29) is 18.3 Å². The van der Waals surface area contributed by atoms with Gasteiger partial charge in [-0.25, -0.2) is 0 Å². The summed E-state index contributed by atoms with van der Waals surface area (Å²) >= 11 is 0. The fourth-order valence-corrected chi connectivity index (χ4v) is 3.52. The van der Waals surface area contributed by atoms with Gasteiger partial charge in [-0.15, -0.1) is 0 Å². The van der Waals surface area contributed by atoms with Crippen LogP contribution in [0.2, 0.25) is 0 Å². The molecule has 0 saturated carbocycles. The van der Waals surface area contributed by atoms with Gasteiger partial charge in [0.15, 0.2) is 0 Å². The van der Waals surface area contributed by atoms with Gasteiger partial charge in [-0.05, 0) is 84.1 Å². The number of piperidine rings is 1. The molecule has 0 bridgehead atoms. The molecule has 3 rings (SSSR count). The van der Waals surface area contributed by atoms with Crippen LogP contribution >= 0.6 is 0 Å². The Morgan fingerprint density at radius 3 is 2.16 bits per heavy atom. The van der Waals surface area contributed by atoms with Gasteiger partial charge in [-0.1, -0.05) is 36.3 Å². The highest BCUT2D eigenvalue weighted by Gasteiger charge is 2.49. The standard InChI is InChI=1S/C21H32BNO2/c1-20(2)21(3,4)25-22(24-20)13-10-17-6-8-18(9-7-17)16-19-11-14-23(5)15-12-19/h6-10,13,19H,11-12,14-16H2,1-5H3. The normalized spacial score (nSPS) is 24.3. The van der Waals surface area contributed by atoms with Crippen molar-refractivity contribution in [2.45, 2.75) is 58.2 Å². The van der Waals surface area contributed by atoms with E-state index in [1.807, 2.05) is 5.98 Å². The van der Waals surface area contributed by atoms with Crippen LogP contribution in [0.4, 0.5) is 0 Å². The fraction of sp³-hybridized carbons (Fsp3) is 0.619. The lowest BCUT2D eigenvalue weighted by Crippen LogP contribution is -2.41. The number of likely N-dealkylation sites (tertiary alicyclic amines) is 1. The molecule has 2 aliphatic rings. The first-order valence-electron chi connectivity index (χ1n) is 9.56. The molecule has 0 unspecified atom stereocenters. The van der Waals surface area contributed by atoms with Crippen LogP contribution in [0.3, 0.4) is 0 Å². The first-order valence-corrected chi connectivity index (χ1v) is 9.56. The Morgan fingerprint density at radius 2 is 1.60 bits per heavy atom. The molecule has 0 atom stereocenters. The molecule has 0 amide bonds. The molecule has 0 aromatic heterocycles. The van der Waals surface area contributed by atoms with E-state index in [4.69, 9.17) is 9.31 Å². The second-order valence-corrected chi connectivity index (χ2v) is 8.68. The molecule has 2 aliphatic heterocycles. The van der Waals surface area contributed by atoms with Crippen LogP contribution in [0.5, 0.6) is 0 Å². The van der Waals surface area contributed by atoms with Gasteiger partial charge in [0.25, 0.3) is 0 Å². The Kier molecular flexibility index (Phi) is 5.43. The molecule has 136 valence electrons. The van der Waals surface area contributed by atoms with Gasteiger partial charge in [0, 0.05) is 0 Å². The largest absolute Gasteiger partial charge is 0.487 e. The summed E-state index contributed by atoms with van der Waals surface area (Å²) in [5.74, 6) is 2.85. The molecular formula is C21H32BNO2. The molecule has 0 aliphatic carbocycles. The van der Waals surface area contributed by atoms with Crippen molar-refractivity contribution in [2.75, 3.05) is 20.1 Å². The second kappa shape index (κ2) is 7.26. The highest BCUT2D eigenvalue weighted by atomic mass is 16.7. The molecular weight excluding hydrogens is 309 g/mol. The Labute approximate surface area is 153 Å². The van der Waals surface area contributed by atoms with Crippen molar-refractivity contribution >= 4 is 13.2 Å². The zero-order valence-electron chi connectivity index (χ0n) is 16.4. The number of nitrogens with zero attached hydrogens (tertiary/aromatic N) is 1. The topological polar surface area (TPSA) is 21.7 Å². The van der Waals surface area contributed by atoms with Gasteiger partial charge >= 0.3 is 7.12 Å². The molecule has 2 saturated heterocycles. The van der Waals surface area contributed by atoms with E-state index in [0.717, 1.165) is 5.92 Å². The fourth-order valence-electron chi connectivity index (χ4n) is 3.52. The number of hydrogen-bond acceptors (Lipinski definition) is 3. The number of benzene rings is 1. The average molecular weight is 341 g/mol. The van der Waals surface area contributed by atoms with Crippen molar-refractivity contribution in [3.8, 4) is 0 Å². The van der Waals surface area contributed by atoms with Crippen molar-refractivity contribution in [3.05, 3.63) is 41.4 Å². The van der Waals surface area contributed by atoms with Crippen LogP contribution < -0.4 is 0 Å². The van der Waals surface area contributed by atoms with E-state index in [9.17, 15) is 0 Å². The average Bonchev–Trinajstić information content (AvgIpc) is 2.76. The third-order valence-corrected chi connectivity index (χ3v) is 6.06. The van der Waals surface area contributed by atoms with Gasteiger partial charge in [-0.2, -0.15) is 0 Å². The Balaban J connectivity index is 1.54. The summed E-state index contributed by atoms with van der Waals surface area (Å²) in [4.78, 5) is 2.43. The minimum Gasteiger partial charge on any atom is -0.400 e. The SMILES string of the molecule is CN1CCC(Cc2ccc(C=CB3OC(C)(C)C(C)(C)O3)cc2)CC1. The van der Waals surface area contributed by atoms with Crippen molar-refractivity contribution in [2.24, 2.45) is 5.92 Å². The molecule has 0 radical (unpaired) electrons. The van der Waals surface area contributed by atoms with E-state index in [2.05, 4.69) is 70.0 Å². The monoisotopic (exact) mass is 341 g/mol. The highest BCUT2D eigenvalue weighted by molar-refractivity contribution is 6.52. The third kappa shape index (κ3) is 4.55. The lowest BCUT2D eigenvalue weighted by molar-refractivity contribution is 0.00578. The van der Waals surface area contributed by atoms with Gasteiger partial charge in [0.1, 0.15) is 0 Å². The van der Waals surface area contributed by atoms with Crippen LogP contribution in [-0.2, 0) is 15.7 Å². The molecule has 3 nitrogen and oxygen atoms in total. The van der Waals surface area contributed by atoms with Crippen molar-refractivity contribution in [3.63, 3.8) is 0 Å².